The Morgan fingerprint density at radius 3 is 2.70 bits per heavy atom. The highest BCUT2D eigenvalue weighted by atomic mass is 32.2. The normalized spacial score (nSPS) is 15.6. The van der Waals surface area contributed by atoms with Crippen LogP contribution < -0.4 is 19.7 Å². The van der Waals surface area contributed by atoms with Gasteiger partial charge in [-0.3, -0.25) is 19.8 Å². The Balaban J connectivity index is 1.58. The van der Waals surface area contributed by atoms with E-state index >= 15 is 0 Å². The molecule has 2 aliphatic rings. The molecule has 3 amide bonds. The summed E-state index contributed by atoms with van der Waals surface area (Å²) in [7, 11) is 0. The largest absolute Gasteiger partial charge is 0.454 e. The summed E-state index contributed by atoms with van der Waals surface area (Å²) in [6.45, 7) is 3.90. The van der Waals surface area contributed by atoms with Crippen LogP contribution in [0.5, 0.6) is 11.5 Å². The van der Waals surface area contributed by atoms with E-state index in [1.807, 2.05) is 31.2 Å². The van der Waals surface area contributed by atoms with Gasteiger partial charge in [0.05, 0.1) is 18.0 Å². The number of nitrogens with one attached hydrogen (secondary N) is 1. The van der Waals surface area contributed by atoms with Crippen molar-refractivity contribution in [3.63, 3.8) is 0 Å². The van der Waals surface area contributed by atoms with Gasteiger partial charge >= 0.3 is 6.09 Å². The second kappa shape index (κ2) is 9.78. The van der Waals surface area contributed by atoms with Gasteiger partial charge < -0.3 is 14.2 Å². The number of ether oxygens (including phenoxy) is 3. The number of carbonyl (C=O) groups is 3. The van der Waals surface area contributed by atoms with Crippen LogP contribution >= 0.6 is 11.8 Å². The third kappa shape index (κ3) is 5.17. The Morgan fingerprint density at radius 2 is 1.94 bits per heavy atom. The summed E-state index contributed by atoms with van der Waals surface area (Å²) >= 11 is 1.05. The number of carbonyl (C=O) groups excluding carboxylic acids is 3. The summed E-state index contributed by atoms with van der Waals surface area (Å²) in [5, 5.41) is 2.46. The maximum absolute atomic E-state index is 13.2. The molecule has 9 nitrogen and oxygen atoms in total. The first kappa shape index (κ1) is 22.4. The maximum Gasteiger partial charge on any atom is 0.413 e. The number of imide groups is 1. The number of nitrogens with zero attached hydrogens (tertiary/aromatic N) is 2. The molecule has 0 radical (unpaired) electrons. The molecule has 0 atom stereocenters. The molecule has 2 aromatic rings. The zero-order valence-corrected chi connectivity index (χ0v) is 18.8. The van der Waals surface area contributed by atoms with E-state index in [-0.39, 0.29) is 30.8 Å². The van der Waals surface area contributed by atoms with E-state index in [2.05, 4.69) is 10.3 Å². The van der Waals surface area contributed by atoms with Crippen molar-refractivity contribution in [1.82, 2.24) is 5.32 Å². The van der Waals surface area contributed by atoms with Crippen LogP contribution in [0, 0.1) is 6.92 Å². The Hall–Kier alpha value is -3.79. The van der Waals surface area contributed by atoms with Crippen molar-refractivity contribution in [2.75, 3.05) is 24.1 Å². The second-order valence-corrected chi connectivity index (χ2v) is 8.01. The van der Waals surface area contributed by atoms with Gasteiger partial charge in [-0.1, -0.05) is 35.5 Å². The molecule has 0 spiro atoms. The van der Waals surface area contributed by atoms with Crippen molar-refractivity contribution in [3.05, 3.63) is 59.3 Å². The average Bonchev–Trinajstić information content (AvgIpc) is 3.37. The maximum atomic E-state index is 13.2. The van der Waals surface area contributed by atoms with E-state index < -0.39 is 12.0 Å². The number of amidine groups is 1. The van der Waals surface area contributed by atoms with Crippen molar-refractivity contribution >= 4 is 46.6 Å². The molecule has 0 aromatic heterocycles. The predicted molar refractivity (Wildman–Crippen MR) is 124 cm³/mol. The van der Waals surface area contributed by atoms with Gasteiger partial charge in [0.1, 0.15) is 5.70 Å². The van der Waals surface area contributed by atoms with Gasteiger partial charge in [-0.25, -0.2) is 9.79 Å². The zero-order chi connectivity index (χ0) is 23.4. The van der Waals surface area contributed by atoms with Crippen molar-refractivity contribution in [2.24, 2.45) is 4.99 Å². The highest BCUT2D eigenvalue weighted by Gasteiger charge is 2.32. The van der Waals surface area contributed by atoms with E-state index in [4.69, 9.17) is 14.2 Å². The Bertz CT molecular complexity index is 1160. The molecule has 2 heterocycles. The monoisotopic (exact) mass is 467 g/mol. The molecule has 0 unspecified atom stereocenters. The Kier molecular flexibility index (Phi) is 6.64. The van der Waals surface area contributed by atoms with E-state index in [1.54, 1.807) is 31.2 Å². The minimum Gasteiger partial charge on any atom is -0.454 e. The minimum atomic E-state index is -0.814. The lowest BCUT2D eigenvalue weighted by Crippen LogP contribution is -2.34. The topological polar surface area (TPSA) is 107 Å². The van der Waals surface area contributed by atoms with Crippen LogP contribution in [0.4, 0.5) is 10.5 Å². The molecule has 1 N–H and O–H groups in total. The van der Waals surface area contributed by atoms with E-state index in [9.17, 15) is 14.4 Å². The van der Waals surface area contributed by atoms with Crippen LogP contribution in [-0.2, 0) is 14.3 Å². The average molecular weight is 468 g/mol. The van der Waals surface area contributed by atoms with Gasteiger partial charge in [-0.05, 0) is 49.8 Å². The molecular formula is C23H21N3O6S. The number of aliphatic imine (C=N–C) groups is 1. The molecule has 170 valence electrons. The quantitative estimate of drug-likeness (QED) is 0.671. The number of amides is 3. The lowest BCUT2D eigenvalue weighted by atomic mass is 10.1. The Morgan fingerprint density at radius 1 is 1.18 bits per heavy atom. The fraction of sp³-hybridized carbons (Fsp3) is 0.217. The molecule has 2 aromatic carbocycles. The molecule has 0 bridgehead atoms. The fourth-order valence-corrected chi connectivity index (χ4v) is 3.94. The fourth-order valence-electron chi connectivity index (χ4n) is 3.12. The summed E-state index contributed by atoms with van der Waals surface area (Å²) in [5.41, 5.74) is 2.60. The first-order valence-corrected chi connectivity index (χ1v) is 11.1. The summed E-state index contributed by atoms with van der Waals surface area (Å²) in [4.78, 5) is 42.7. The number of anilines is 1. The standard InChI is InChI=1S/C23H21N3O6S/c1-3-30-23(29)25-20(27)12-33-22-24-17(10-15-6-9-18-19(11-15)32-13-31-18)21(28)26(22)16-7-4-14(2)5-8-16/h4-11H,3,12-13H2,1-2H3,(H,25,27,29)/b17-10-. The first-order chi connectivity index (χ1) is 15.9. The van der Waals surface area contributed by atoms with Gasteiger partial charge in [0, 0.05) is 0 Å². The van der Waals surface area contributed by atoms with Gasteiger partial charge in [0.15, 0.2) is 16.7 Å². The van der Waals surface area contributed by atoms with Crippen molar-refractivity contribution in [2.45, 2.75) is 13.8 Å². The highest BCUT2D eigenvalue weighted by molar-refractivity contribution is 8.14. The third-order valence-electron chi connectivity index (χ3n) is 4.67. The summed E-state index contributed by atoms with van der Waals surface area (Å²) in [6.07, 6.45) is 0.837. The number of alkyl carbamates (subject to hydrolysis) is 1. The van der Waals surface area contributed by atoms with Crippen LogP contribution in [0.2, 0.25) is 0 Å². The van der Waals surface area contributed by atoms with Crippen LogP contribution in [-0.4, -0.2) is 42.2 Å². The first-order valence-electron chi connectivity index (χ1n) is 10.1. The lowest BCUT2D eigenvalue weighted by molar-refractivity contribution is -0.118. The smallest absolute Gasteiger partial charge is 0.413 e. The van der Waals surface area contributed by atoms with Gasteiger partial charge in [-0.15, -0.1) is 0 Å². The van der Waals surface area contributed by atoms with Crippen molar-refractivity contribution in [1.29, 1.82) is 0 Å². The van der Waals surface area contributed by atoms with Crippen molar-refractivity contribution < 1.29 is 28.6 Å². The number of rotatable bonds is 5. The van der Waals surface area contributed by atoms with Crippen LogP contribution in [0.1, 0.15) is 18.1 Å². The number of hydrogen-bond donors (Lipinski definition) is 1. The number of aryl methyl sites for hydroxylation is 1. The molecule has 4 rings (SSSR count). The van der Waals surface area contributed by atoms with Gasteiger partial charge in [0.2, 0.25) is 12.7 Å². The molecule has 10 heteroatoms. The minimum absolute atomic E-state index is 0.120. The summed E-state index contributed by atoms with van der Waals surface area (Å²) in [6, 6.07) is 12.7. The van der Waals surface area contributed by atoms with Gasteiger partial charge in [-0.2, -0.15) is 0 Å². The lowest BCUT2D eigenvalue weighted by Gasteiger charge is -2.17. The van der Waals surface area contributed by atoms with Crippen LogP contribution in [0.15, 0.2) is 53.2 Å². The van der Waals surface area contributed by atoms with E-state index in [1.165, 1.54) is 4.90 Å². The number of fused-ring (bicyclic) bond motifs is 1. The molecule has 33 heavy (non-hydrogen) atoms. The predicted octanol–water partition coefficient (Wildman–Crippen LogP) is 3.47. The molecule has 0 saturated heterocycles. The molecule has 0 saturated carbocycles. The van der Waals surface area contributed by atoms with Crippen LogP contribution in [0.25, 0.3) is 6.08 Å². The second-order valence-electron chi connectivity index (χ2n) is 7.07. The number of hydrogen-bond acceptors (Lipinski definition) is 8. The molecule has 2 aliphatic heterocycles. The third-order valence-corrected chi connectivity index (χ3v) is 5.61. The molecule has 0 aliphatic carbocycles. The summed E-state index contributed by atoms with van der Waals surface area (Å²) in [5.74, 6) is 0.239. The van der Waals surface area contributed by atoms with Crippen molar-refractivity contribution in [3.8, 4) is 11.5 Å². The SMILES string of the molecule is CCOC(=O)NC(=O)CSC1=N/C(=C\c2ccc3c(c2)OCO3)C(=O)N1c1ccc(C)cc1. The number of thioether (sulfide) groups is 1. The van der Waals surface area contributed by atoms with E-state index in [0.29, 0.717) is 22.4 Å². The molecule has 0 fully saturated rings. The Labute approximate surface area is 194 Å². The number of benzene rings is 2. The highest BCUT2D eigenvalue weighted by Crippen LogP contribution is 2.34. The zero-order valence-electron chi connectivity index (χ0n) is 18.0. The van der Waals surface area contributed by atoms with Gasteiger partial charge in [0.25, 0.3) is 5.91 Å². The van der Waals surface area contributed by atoms with E-state index in [0.717, 1.165) is 22.9 Å². The van der Waals surface area contributed by atoms with Crippen LogP contribution in [0.3, 0.4) is 0 Å². The molecular weight excluding hydrogens is 446 g/mol. The summed E-state index contributed by atoms with van der Waals surface area (Å²) < 4.78 is 15.4.